The smallest absolute Gasteiger partial charge is 0.338 e. The highest BCUT2D eigenvalue weighted by Gasteiger charge is 2.29. The van der Waals surface area contributed by atoms with Crippen molar-refractivity contribution in [3.05, 3.63) is 41.5 Å². The van der Waals surface area contributed by atoms with Crippen molar-refractivity contribution in [1.29, 1.82) is 0 Å². The maximum absolute atomic E-state index is 12.4. The van der Waals surface area contributed by atoms with Gasteiger partial charge in [0.25, 0.3) is 0 Å². The second-order valence-electron chi connectivity index (χ2n) is 4.79. The highest BCUT2D eigenvalue weighted by atomic mass is 19.4. The zero-order chi connectivity index (χ0) is 14.8. The molecule has 0 aromatic heterocycles. The number of carbonyl (C=O) groups excluding carboxylic acids is 1. The van der Waals surface area contributed by atoms with Crippen LogP contribution in [0.25, 0.3) is 6.08 Å². The topological polar surface area (TPSA) is 46.3 Å². The molecule has 1 aliphatic heterocycles. The van der Waals surface area contributed by atoms with Crippen molar-refractivity contribution >= 4 is 12.0 Å². The number of hydrogen-bond acceptors (Lipinski definition) is 2. The summed E-state index contributed by atoms with van der Waals surface area (Å²) < 4.78 is 37.2. The summed E-state index contributed by atoms with van der Waals surface area (Å²) in [5, 5.41) is 0. The van der Waals surface area contributed by atoms with Crippen LogP contribution in [-0.2, 0) is 11.0 Å². The SMILES string of the molecule is N[C@H]1CCN(C(=O)/C=C/c2ccc(C(F)(F)F)cc2)C1. The summed E-state index contributed by atoms with van der Waals surface area (Å²) >= 11 is 0. The number of benzene rings is 1. The first-order valence-electron chi connectivity index (χ1n) is 6.26. The van der Waals surface area contributed by atoms with E-state index < -0.39 is 11.7 Å². The zero-order valence-corrected chi connectivity index (χ0v) is 10.7. The van der Waals surface area contributed by atoms with Crippen molar-refractivity contribution in [2.75, 3.05) is 13.1 Å². The maximum Gasteiger partial charge on any atom is 0.416 e. The number of halogens is 3. The number of likely N-dealkylation sites (tertiary alicyclic amines) is 1. The Morgan fingerprint density at radius 3 is 2.45 bits per heavy atom. The Kier molecular flexibility index (Phi) is 4.13. The first-order chi connectivity index (χ1) is 9.36. The zero-order valence-electron chi connectivity index (χ0n) is 10.7. The molecule has 0 spiro atoms. The monoisotopic (exact) mass is 284 g/mol. The second kappa shape index (κ2) is 5.66. The average molecular weight is 284 g/mol. The van der Waals surface area contributed by atoms with Gasteiger partial charge in [-0.1, -0.05) is 12.1 Å². The van der Waals surface area contributed by atoms with Gasteiger partial charge in [-0.25, -0.2) is 0 Å². The predicted molar refractivity (Wildman–Crippen MR) is 69.7 cm³/mol. The number of hydrogen-bond donors (Lipinski definition) is 1. The lowest BCUT2D eigenvalue weighted by Crippen LogP contribution is -2.30. The first kappa shape index (κ1) is 14.6. The molecule has 0 aliphatic carbocycles. The van der Waals surface area contributed by atoms with Gasteiger partial charge in [-0.05, 0) is 30.2 Å². The Hall–Kier alpha value is -1.82. The van der Waals surface area contributed by atoms with Gasteiger partial charge >= 0.3 is 6.18 Å². The van der Waals surface area contributed by atoms with Gasteiger partial charge in [-0.2, -0.15) is 13.2 Å². The highest BCUT2D eigenvalue weighted by Crippen LogP contribution is 2.29. The van der Waals surface area contributed by atoms with Crippen molar-refractivity contribution in [1.82, 2.24) is 4.90 Å². The average Bonchev–Trinajstić information content (AvgIpc) is 2.82. The molecule has 0 saturated carbocycles. The summed E-state index contributed by atoms with van der Waals surface area (Å²) in [6, 6.07) is 4.68. The molecule has 108 valence electrons. The van der Waals surface area contributed by atoms with E-state index in [0.717, 1.165) is 18.6 Å². The molecule has 1 saturated heterocycles. The lowest BCUT2D eigenvalue weighted by molar-refractivity contribution is -0.137. The molecule has 1 atom stereocenters. The van der Waals surface area contributed by atoms with Crippen molar-refractivity contribution in [3.63, 3.8) is 0 Å². The van der Waals surface area contributed by atoms with Gasteiger partial charge in [-0.15, -0.1) is 0 Å². The molecule has 1 aliphatic rings. The fraction of sp³-hybridized carbons (Fsp3) is 0.357. The summed E-state index contributed by atoms with van der Waals surface area (Å²) in [4.78, 5) is 13.4. The molecular formula is C14H15F3N2O. The molecule has 2 N–H and O–H groups in total. The lowest BCUT2D eigenvalue weighted by atomic mass is 10.1. The summed E-state index contributed by atoms with van der Waals surface area (Å²) in [6.45, 7) is 1.15. The van der Waals surface area contributed by atoms with E-state index >= 15 is 0 Å². The van der Waals surface area contributed by atoms with E-state index in [2.05, 4.69) is 0 Å². The largest absolute Gasteiger partial charge is 0.416 e. The van der Waals surface area contributed by atoms with Crippen LogP contribution < -0.4 is 5.73 Å². The second-order valence-corrected chi connectivity index (χ2v) is 4.79. The van der Waals surface area contributed by atoms with Crippen LogP contribution in [0.1, 0.15) is 17.5 Å². The van der Waals surface area contributed by atoms with E-state index in [1.165, 1.54) is 24.3 Å². The van der Waals surface area contributed by atoms with Crippen LogP contribution in [0.4, 0.5) is 13.2 Å². The Bertz CT molecular complexity index is 508. The molecule has 0 unspecified atom stereocenters. The Balaban J connectivity index is 1.99. The fourth-order valence-electron chi connectivity index (χ4n) is 2.04. The van der Waals surface area contributed by atoms with Crippen LogP contribution in [0, 0.1) is 0 Å². The van der Waals surface area contributed by atoms with E-state index in [-0.39, 0.29) is 11.9 Å². The minimum Gasteiger partial charge on any atom is -0.338 e. The molecule has 3 nitrogen and oxygen atoms in total. The fourth-order valence-corrected chi connectivity index (χ4v) is 2.04. The van der Waals surface area contributed by atoms with Gasteiger partial charge in [0.15, 0.2) is 0 Å². The van der Waals surface area contributed by atoms with Crippen molar-refractivity contribution in [2.24, 2.45) is 5.73 Å². The molecule has 1 aromatic carbocycles. The Morgan fingerprint density at radius 1 is 1.30 bits per heavy atom. The number of alkyl halides is 3. The number of nitrogens with zero attached hydrogens (tertiary/aromatic N) is 1. The van der Waals surface area contributed by atoms with Crippen molar-refractivity contribution < 1.29 is 18.0 Å². The summed E-state index contributed by atoms with van der Waals surface area (Å²) in [5.41, 5.74) is 5.55. The van der Waals surface area contributed by atoms with Crippen molar-refractivity contribution in [2.45, 2.75) is 18.6 Å². The van der Waals surface area contributed by atoms with Crippen molar-refractivity contribution in [3.8, 4) is 0 Å². The molecule has 1 heterocycles. The van der Waals surface area contributed by atoms with Crippen LogP contribution in [0.2, 0.25) is 0 Å². The molecule has 0 bridgehead atoms. The number of nitrogens with two attached hydrogens (primary N) is 1. The van der Waals surface area contributed by atoms with Gasteiger partial charge in [0.1, 0.15) is 0 Å². The number of rotatable bonds is 2. The molecule has 1 aromatic rings. The van der Waals surface area contributed by atoms with E-state index in [4.69, 9.17) is 5.73 Å². The van der Waals surface area contributed by atoms with Crippen LogP contribution in [0.15, 0.2) is 30.3 Å². The normalized spacial score (nSPS) is 19.8. The first-order valence-corrected chi connectivity index (χ1v) is 6.26. The quantitative estimate of drug-likeness (QED) is 0.847. The Morgan fingerprint density at radius 2 is 1.95 bits per heavy atom. The molecule has 1 amide bonds. The van der Waals surface area contributed by atoms with E-state index in [0.29, 0.717) is 18.7 Å². The molecule has 6 heteroatoms. The molecule has 0 radical (unpaired) electrons. The molecule has 20 heavy (non-hydrogen) atoms. The van der Waals surface area contributed by atoms with E-state index in [1.807, 2.05) is 0 Å². The standard InChI is InChI=1S/C14H15F3N2O/c15-14(16,17)11-4-1-10(2-5-11)3-6-13(20)19-8-7-12(18)9-19/h1-6,12H,7-9,18H2/b6-3+/t12-/m0/s1. The van der Waals surface area contributed by atoms with Gasteiger partial charge < -0.3 is 10.6 Å². The third-order valence-electron chi connectivity index (χ3n) is 3.19. The van der Waals surface area contributed by atoms with Gasteiger partial charge in [0.05, 0.1) is 5.56 Å². The minimum absolute atomic E-state index is 0.0124. The van der Waals surface area contributed by atoms with Gasteiger partial charge in [0.2, 0.25) is 5.91 Å². The summed E-state index contributed by atoms with van der Waals surface area (Å²) in [6.07, 6.45) is -0.698. The predicted octanol–water partition coefficient (Wildman–Crippen LogP) is 2.28. The molecular weight excluding hydrogens is 269 g/mol. The third-order valence-corrected chi connectivity index (χ3v) is 3.19. The van der Waals surface area contributed by atoms with Crippen LogP contribution in [0.3, 0.4) is 0 Å². The van der Waals surface area contributed by atoms with E-state index in [9.17, 15) is 18.0 Å². The summed E-state index contributed by atoms with van der Waals surface area (Å²) in [7, 11) is 0. The third kappa shape index (κ3) is 3.60. The molecule has 1 fully saturated rings. The van der Waals surface area contributed by atoms with Gasteiger partial charge in [-0.3, -0.25) is 4.79 Å². The minimum atomic E-state index is -4.34. The highest BCUT2D eigenvalue weighted by molar-refractivity contribution is 5.92. The number of amides is 1. The van der Waals surface area contributed by atoms with Gasteiger partial charge in [0, 0.05) is 25.2 Å². The lowest BCUT2D eigenvalue weighted by Gasteiger charge is -2.12. The number of carbonyl (C=O) groups is 1. The Labute approximate surface area is 114 Å². The van der Waals surface area contributed by atoms with E-state index in [1.54, 1.807) is 4.90 Å². The van der Waals surface area contributed by atoms with Crippen LogP contribution in [-0.4, -0.2) is 29.9 Å². The summed E-state index contributed by atoms with van der Waals surface area (Å²) in [5.74, 6) is -0.169. The van der Waals surface area contributed by atoms with Crippen LogP contribution in [0.5, 0.6) is 0 Å². The molecule has 2 rings (SSSR count). The van der Waals surface area contributed by atoms with Crippen LogP contribution >= 0.6 is 0 Å². The maximum atomic E-state index is 12.4.